The van der Waals surface area contributed by atoms with Gasteiger partial charge in [-0.1, -0.05) is 29.3 Å². The number of nitrogens with one attached hydrogen (secondary N) is 2. The Morgan fingerprint density at radius 3 is 2.67 bits per heavy atom. The van der Waals surface area contributed by atoms with Crippen LogP contribution in [0.3, 0.4) is 0 Å². The van der Waals surface area contributed by atoms with Crippen molar-refractivity contribution in [2.24, 2.45) is 0 Å². The second-order valence-corrected chi connectivity index (χ2v) is 8.38. The molecule has 0 unspecified atom stereocenters. The molecule has 2 N–H and O–H groups in total. The molecule has 2 aliphatic heterocycles. The van der Waals surface area contributed by atoms with E-state index in [1.807, 2.05) is 24.1 Å². The Morgan fingerprint density at radius 1 is 1.22 bits per heavy atom. The maximum Gasteiger partial charge on any atom is 0.317 e. The molecule has 0 aliphatic carbocycles. The van der Waals surface area contributed by atoms with E-state index >= 15 is 0 Å². The van der Waals surface area contributed by atoms with Crippen LogP contribution in [0.15, 0.2) is 18.2 Å². The molecule has 27 heavy (non-hydrogen) atoms. The Kier molecular flexibility index (Phi) is 7.65. The zero-order valence-corrected chi connectivity index (χ0v) is 17.5. The van der Waals surface area contributed by atoms with E-state index in [1.165, 1.54) is 5.56 Å². The van der Waals surface area contributed by atoms with Crippen molar-refractivity contribution in [3.8, 4) is 0 Å². The van der Waals surface area contributed by atoms with Gasteiger partial charge in [0, 0.05) is 38.8 Å². The highest BCUT2D eigenvalue weighted by Crippen LogP contribution is 2.28. The van der Waals surface area contributed by atoms with Crippen LogP contribution >= 0.6 is 23.2 Å². The fourth-order valence-electron chi connectivity index (χ4n) is 4.19. The number of carbonyl (C=O) groups excluding carboxylic acids is 1. The van der Waals surface area contributed by atoms with Gasteiger partial charge in [0.2, 0.25) is 0 Å². The topological polar surface area (TPSA) is 47.6 Å². The zero-order chi connectivity index (χ0) is 19.2. The fourth-order valence-corrected chi connectivity index (χ4v) is 4.50. The van der Waals surface area contributed by atoms with Gasteiger partial charge in [-0.3, -0.25) is 0 Å². The van der Waals surface area contributed by atoms with Crippen molar-refractivity contribution in [2.75, 3.05) is 46.3 Å². The summed E-state index contributed by atoms with van der Waals surface area (Å²) in [6.45, 7) is 5.81. The summed E-state index contributed by atoms with van der Waals surface area (Å²) in [5.41, 5.74) is 1.23. The van der Waals surface area contributed by atoms with Crippen molar-refractivity contribution in [1.82, 2.24) is 20.4 Å². The molecular formula is C20H30Cl2N4O. The highest BCUT2D eigenvalue weighted by atomic mass is 35.5. The molecule has 1 aromatic rings. The van der Waals surface area contributed by atoms with E-state index in [0.29, 0.717) is 22.0 Å². The lowest BCUT2D eigenvalue weighted by atomic mass is 9.94. The van der Waals surface area contributed by atoms with Gasteiger partial charge >= 0.3 is 6.03 Å². The van der Waals surface area contributed by atoms with Crippen molar-refractivity contribution in [3.63, 3.8) is 0 Å². The number of carbonyl (C=O) groups is 1. The van der Waals surface area contributed by atoms with Gasteiger partial charge in [-0.05, 0) is 62.9 Å². The maximum atomic E-state index is 12.0. The first-order valence-corrected chi connectivity index (χ1v) is 10.7. The van der Waals surface area contributed by atoms with Crippen molar-refractivity contribution in [3.05, 3.63) is 33.8 Å². The van der Waals surface area contributed by atoms with E-state index in [0.717, 1.165) is 65.0 Å². The standard InChI is InChI=1S/C20H30Cl2N4O/c1-23-14-16(15-3-4-18(21)19(22)13-15)5-10-25-11-6-17(7-12-25)26-9-2-8-24-20(26)27/h3-4,13,16-17,23H,2,5-12,14H2,1H3,(H,24,27)/t16-/m1/s1. The van der Waals surface area contributed by atoms with Crippen molar-refractivity contribution in [1.29, 1.82) is 0 Å². The molecule has 7 heteroatoms. The first kappa shape index (κ1) is 20.7. The van der Waals surface area contributed by atoms with Crippen LogP contribution in [0.25, 0.3) is 0 Å². The van der Waals surface area contributed by atoms with E-state index in [-0.39, 0.29) is 6.03 Å². The second kappa shape index (κ2) is 9.97. The van der Waals surface area contributed by atoms with Gasteiger partial charge in [-0.25, -0.2) is 4.79 Å². The third-order valence-electron chi connectivity index (χ3n) is 5.77. The van der Waals surface area contributed by atoms with E-state index in [4.69, 9.17) is 23.2 Å². The van der Waals surface area contributed by atoms with Crippen LogP contribution < -0.4 is 10.6 Å². The van der Waals surface area contributed by atoms with Crippen LogP contribution in [0.1, 0.15) is 37.2 Å². The first-order valence-electron chi connectivity index (χ1n) is 9.95. The lowest BCUT2D eigenvalue weighted by molar-refractivity contribution is 0.110. The van der Waals surface area contributed by atoms with Gasteiger partial charge in [0.1, 0.15) is 0 Å². The van der Waals surface area contributed by atoms with E-state index in [2.05, 4.69) is 21.6 Å². The van der Waals surface area contributed by atoms with Gasteiger partial charge in [0.05, 0.1) is 10.0 Å². The number of piperidine rings is 1. The number of amides is 2. The quantitative estimate of drug-likeness (QED) is 0.719. The lowest BCUT2D eigenvalue weighted by Crippen LogP contribution is -2.54. The van der Waals surface area contributed by atoms with Crippen LogP contribution in [-0.4, -0.2) is 68.2 Å². The predicted molar refractivity (Wildman–Crippen MR) is 112 cm³/mol. The SMILES string of the molecule is CNC[C@@H](CCN1CCC(N2CCCNC2=O)CC1)c1ccc(Cl)c(Cl)c1. The minimum absolute atomic E-state index is 0.119. The van der Waals surface area contributed by atoms with Gasteiger partial charge in [0.25, 0.3) is 0 Å². The van der Waals surface area contributed by atoms with Crippen molar-refractivity contribution < 1.29 is 4.79 Å². The molecule has 0 saturated carbocycles. The summed E-state index contributed by atoms with van der Waals surface area (Å²) in [5, 5.41) is 7.49. The number of likely N-dealkylation sites (tertiary alicyclic amines) is 1. The Morgan fingerprint density at radius 2 is 2.00 bits per heavy atom. The van der Waals surface area contributed by atoms with Gasteiger partial charge < -0.3 is 20.4 Å². The smallest absolute Gasteiger partial charge is 0.317 e. The van der Waals surface area contributed by atoms with Gasteiger partial charge in [0.15, 0.2) is 0 Å². The van der Waals surface area contributed by atoms with Crippen LogP contribution in [0, 0.1) is 0 Å². The van der Waals surface area contributed by atoms with Crippen LogP contribution in [0.4, 0.5) is 4.79 Å². The van der Waals surface area contributed by atoms with Crippen LogP contribution in [-0.2, 0) is 0 Å². The molecule has 0 radical (unpaired) electrons. The molecule has 2 saturated heterocycles. The third kappa shape index (κ3) is 5.50. The lowest BCUT2D eigenvalue weighted by Gasteiger charge is -2.40. The Hall–Kier alpha value is -1.01. The van der Waals surface area contributed by atoms with Gasteiger partial charge in [-0.15, -0.1) is 0 Å². The highest BCUT2D eigenvalue weighted by Gasteiger charge is 2.29. The largest absolute Gasteiger partial charge is 0.338 e. The Labute approximate surface area is 172 Å². The number of halogens is 2. The number of urea groups is 1. The first-order chi connectivity index (χ1) is 13.1. The highest BCUT2D eigenvalue weighted by molar-refractivity contribution is 6.42. The number of nitrogens with zero attached hydrogens (tertiary/aromatic N) is 2. The monoisotopic (exact) mass is 412 g/mol. The Bertz CT molecular complexity index is 634. The molecule has 2 aliphatic rings. The number of likely N-dealkylation sites (N-methyl/N-ethyl adjacent to an activating group) is 1. The number of hydrogen-bond donors (Lipinski definition) is 2. The molecule has 2 amide bonds. The molecular weight excluding hydrogens is 383 g/mol. The Balaban J connectivity index is 1.50. The third-order valence-corrected chi connectivity index (χ3v) is 6.51. The molecule has 0 aromatic heterocycles. The van der Waals surface area contributed by atoms with E-state index in [1.54, 1.807) is 0 Å². The molecule has 0 spiro atoms. The molecule has 0 bridgehead atoms. The molecule has 3 rings (SSSR count). The molecule has 1 atom stereocenters. The van der Waals surface area contributed by atoms with E-state index in [9.17, 15) is 4.79 Å². The van der Waals surface area contributed by atoms with Crippen LogP contribution in [0.5, 0.6) is 0 Å². The predicted octanol–water partition coefficient (Wildman–Crippen LogP) is 3.57. The molecule has 2 heterocycles. The normalized spacial score (nSPS) is 20.6. The summed E-state index contributed by atoms with van der Waals surface area (Å²) in [5.74, 6) is 0.412. The average molecular weight is 413 g/mol. The van der Waals surface area contributed by atoms with E-state index < -0.39 is 0 Å². The molecule has 5 nitrogen and oxygen atoms in total. The van der Waals surface area contributed by atoms with Crippen LogP contribution in [0.2, 0.25) is 10.0 Å². The summed E-state index contributed by atoms with van der Waals surface area (Å²) in [6, 6.07) is 6.47. The second-order valence-electron chi connectivity index (χ2n) is 7.57. The maximum absolute atomic E-state index is 12.0. The minimum atomic E-state index is 0.119. The summed E-state index contributed by atoms with van der Waals surface area (Å²) < 4.78 is 0. The fraction of sp³-hybridized carbons (Fsp3) is 0.650. The summed E-state index contributed by atoms with van der Waals surface area (Å²) in [7, 11) is 1.99. The van der Waals surface area contributed by atoms with Crippen molar-refractivity contribution in [2.45, 2.75) is 37.6 Å². The number of hydrogen-bond acceptors (Lipinski definition) is 3. The molecule has 2 fully saturated rings. The summed E-state index contributed by atoms with van der Waals surface area (Å²) >= 11 is 12.3. The molecule has 1 aromatic carbocycles. The summed E-state index contributed by atoms with van der Waals surface area (Å²) in [6.07, 6.45) is 4.27. The number of rotatable bonds is 7. The summed E-state index contributed by atoms with van der Waals surface area (Å²) in [4.78, 5) is 16.6. The zero-order valence-electron chi connectivity index (χ0n) is 16.0. The van der Waals surface area contributed by atoms with Crippen molar-refractivity contribution >= 4 is 29.2 Å². The molecule has 150 valence electrons. The number of benzene rings is 1. The average Bonchev–Trinajstić information content (AvgIpc) is 2.68. The van der Waals surface area contributed by atoms with Gasteiger partial charge in [-0.2, -0.15) is 0 Å². The minimum Gasteiger partial charge on any atom is -0.338 e.